The number of carbonyl (C=O) groups is 2. The van der Waals surface area contributed by atoms with Crippen molar-refractivity contribution >= 4 is 23.2 Å². The van der Waals surface area contributed by atoms with Crippen molar-refractivity contribution < 1.29 is 23.8 Å². The first-order valence-electron chi connectivity index (χ1n) is 7.88. The normalized spacial score (nSPS) is 24.7. The molecule has 0 radical (unpaired) electrons. The summed E-state index contributed by atoms with van der Waals surface area (Å²) in [6, 6.07) is 1.53. The van der Waals surface area contributed by atoms with Gasteiger partial charge in [0, 0.05) is 37.9 Å². The van der Waals surface area contributed by atoms with Crippen molar-refractivity contribution in [3.63, 3.8) is 0 Å². The van der Waals surface area contributed by atoms with Gasteiger partial charge in [-0.05, 0) is 6.42 Å². The van der Waals surface area contributed by atoms with E-state index < -0.39 is 11.4 Å². The monoisotopic (exact) mass is 365 g/mol. The number of ketones is 2. The minimum Gasteiger partial charge on any atom is -0.496 e. The average Bonchev–Trinajstić information content (AvgIpc) is 2.88. The highest BCUT2D eigenvalue weighted by Crippen LogP contribution is 2.53. The standard InChI is InChI=1S/C18H20ClNO5/c1-9-6-10(20(2)3)7-13(21)18(9)17(22)14-11(23-4)8-12(24-5)15(19)16(14)25-18/h7-9H,6H2,1-5H3/t9-,18+/m1/s1. The largest absolute Gasteiger partial charge is 0.496 e. The predicted molar refractivity (Wildman–Crippen MR) is 92.8 cm³/mol. The minimum absolute atomic E-state index is 0.143. The van der Waals surface area contributed by atoms with E-state index in [2.05, 4.69) is 0 Å². The molecule has 0 saturated carbocycles. The molecule has 0 aromatic heterocycles. The molecule has 3 rings (SSSR count). The molecule has 1 heterocycles. The van der Waals surface area contributed by atoms with Gasteiger partial charge in [0.1, 0.15) is 22.1 Å². The molecule has 6 nitrogen and oxygen atoms in total. The Hall–Kier alpha value is -2.21. The lowest BCUT2D eigenvalue weighted by Crippen LogP contribution is -2.55. The maximum absolute atomic E-state index is 13.2. The molecule has 0 amide bonds. The second kappa shape index (κ2) is 5.95. The first-order valence-corrected chi connectivity index (χ1v) is 8.26. The van der Waals surface area contributed by atoms with Crippen LogP contribution in [0.15, 0.2) is 17.8 Å². The highest BCUT2D eigenvalue weighted by atomic mass is 35.5. The third-order valence-electron chi connectivity index (χ3n) is 4.87. The smallest absolute Gasteiger partial charge is 0.236 e. The molecular weight excluding hydrogens is 346 g/mol. The number of hydrogen-bond donors (Lipinski definition) is 0. The highest BCUT2D eigenvalue weighted by molar-refractivity contribution is 6.36. The molecule has 7 heteroatoms. The summed E-state index contributed by atoms with van der Waals surface area (Å²) in [4.78, 5) is 28.0. The Kier molecular flexibility index (Phi) is 4.19. The van der Waals surface area contributed by atoms with E-state index in [1.165, 1.54) is 26.4 Å². The van der Waals surface area contributed by atoms with Crippen LogP contribution in [-0.4, -0.2) is 50.4 Å². The van der Waals surface area contributed by atoms with E-state index in [9.17, 15) is 9.59 Å². The summed E-state index contributed by atoms with van der Waals surface area (Å²) in [7, 11) is 6.62. The summed E-state index contributed by atoms with van der Waals surface area (Å²) in [5.74, 6) is -0.411. The van der Waals surface area contributed by atoms with Crippen LogP contribution in [0, 0.1) is 5.92 Å². The van der Waals surface area contributed by atoms with Gasteiger partial charge in [-0.1, -0.05) is 18.5 Å². The molecule has 1 spiro atoms. The summed E-state index contributed by atoms with van der Waals surface area (Å²) in [6.07, 6.45) is 2.01. The van der Waals surface area contributed by atoms with Crippen LogP contribution in [0.3, 0.4) is 0 Å². The van der Waals surface area contributed by atoms with Gasteiger partial charge >= 0.3 is 0 Å². The Balaban J connectivity index is 2.18. The summed E-state index contributed by atoms with van der Waals surface area (Å²) in [5, 5.41) is 0.158. The fourth-order valence-electron chi connectivity index (χ4n) is 3.42. The molecule has 25 heavy (non-hydrogen) atoms. The van der Waals surface area contributed by atoms with Crippen molar-refractivity contribution in [1.29, 1.82) is 0 Å². The zero-order valence-electron chi connectivity index (χ0n) is 14.8. The van der Waals surface area contributed by atoms with Gasteiger partial charge in [-0.25, -0.2) is 0 Å². The van der Waals surface area contributed by atoms with E-state index in [0.29, 0.717) is 12.2 Å². The summed E-state index contributed by atoms with van der Waals surface area (Å²) >= 11 is 6.33. The van der Waals surface area contributed by atoms with Gasteiger partial charge in [0.05, 0.1) is 14.2 Å². The number of carbonyl (C=O) groups excluding carboxylic acids is 2. The van der Waals surface area contributed by atoms with E-state index in [0.717, 1.165) is 5.70 Å². The number of hydrogen-bond acceptors (Lipinski definition) is 6. The highest BCUT2D eigenvalue weighted by Gasteiger charge is 2.60. The molecule has 1 aliphatic carbocycles. The van der Waals surface area contributed by atoms with Gasteiger partial charge < -0.3 is 19.1 Å². The maximum atomic E-state index is 13.2. The average molecular weight is 366 g/mol. The molecule has 0 fully saturated rings. The number of ether oxygens (including phenoxy) is 3. The molecule has 134 valence electrons. The van der Waals surface area contributed by atoms with Crippen LogP contribution in [-0.2, 0) is 4.79 Å². The van der Waals surface area contributed by atoms with Gasteiger partial charge in [0.2, 0.25) is 17.2 Å². The molecule has 1 aromatic carbocycles. The van der Waals surface area contributed by atoms with Crippen molar-refractivity contribution in [3.8, 4) is 17.2 Å². The number of benzene rings is 1. The van der Waals surface area contributed by atoms with Gasteiger partial charge in [-0.2, -0.15) is 0 Å². The lowest BCUT2D eigenvalue weighted by Gasteiger charge is -2.36. The zero-order valence-corrected chi connectivity index (χ0v) is 15.6. The van der Waals surface area contributed by atoms with E-state index in [-0.39, 0.29) is 33.8 Å². The molecule has 2 aliphatic rings. The van der Waals surface area contributed by atoms with Crippen LogP contribution >= 0.6 is 11.6 Å². The number of allylic oxidation sites excluding steroid dienone is 1. The van der Waals surface area contributed by atoms with Gasteiger partial charge in [-0.3, -0.25) is 9.59 Å². The maximum Gasteiger partial charge on any atom is 0.236 e. The zero-order chi connectivity index (χ0) is 18.5. The van der Waals surface area contributed by atoms with E-state index >= 15 is 0 Å². The Labute approximate surface area is 151 Å². The summed E-state index contributed by atoms with van der Waals surface area (Å²) in [6.45, 7) is 1.83. The Morgan fingerprint density at radius 1 is 1.24 bits per heavy atom. The Bertz CT molecular complexity index is 801. The van der Waals surface area contributed by atoms with Gasteiger partial charge in [-0.15, -0.1) is 0 Å². The van der Waals surface area contributed by atoms with E-state index in [1.807, 2.05) is 25.9 Å². The molecule has 0 N–H and O–H groups in total. The fraction of sp³-hybridized carbons (Fsp3) is 0.444. The van der Waals surface area contributed by atoms with Crippen LogP contribution in [0.5, 0.6) is 17.2 Å². The molecule has 0 unspecified atom stereocenters. The summed E-state index contributed by atoms with van der Waals surface area (Å²) in [5.41, 5.74) is -0.563. The van der Waals surface area contributed by atoms with Crippen LogP contribution in [0.4, 0.5) is 0 Å². The van der Waals surface area contributed by atoms with Crippen molar-refractivity contribution in [2.75, 3.05) is 28.3 Å². The van der Waals surface area contributed by atoms with Crippen molar-refractivity contribution in [3.05, 3.63) is 28.4 Å². The van der Waals surface area contributed by atoms with Crippen LogP contribution in [0.25, 0.3) is 0 Å². The van der Waals surface area contributed by atoms with E-state index in [4.69, 9.17) is 25.8 Å². The second-order valence-electron chi connectivity index (χ2n) is 6.47. The van der Waals surface area contributed by atoms with Crippen molar-refractivity contribution in [2.24, 2.45) is 5.92 Å². The number of nitrogens with zero attached hydrogens (tertiary/aromatic N) is 1. The third kappa shape index (κ3) is 2.31. The van der Waals surface area contributed by atoms with Crippen molar-refractivity contribution in [1.82, 2.24) is 4.90 Å². The quantitative estimate of drug-likeness (QED) is 0.767. The number of methoxy groups -OCH3 is 2. The SMILES string of the molecule is COc1cc(OC)c2c(c1Cl)O[C@@]1(C(=O)C=C(N(C)C)C[C@H]1C)C2=O. The number of fused-ring (bicyclic) bond motifs is 1. The van der Waals surface area contributed by atoms with E-state index in [1.54, 1.807) is 0 Å². The molecule has 1 aromatic rings. The van der Waals surface area contributed by atoms with Crippen LogP contribution < -0.4 is 14.2 Å². The van der Waals surface area contributed by atoms with Crippen molar-refractivity contribution in [2.45, 2.75) is 18.9 Å². The third-order valence-corrected chi connectivity index (χ3v) is 5.22. The Morgan fingerprint density at radius 3 is 2.40 bits per heavy atom. The predicted octanol–water partition coefficient (Wildman–Crippen LogP) is 2.73. The Morgan fingerprint density at radius 2 is 1.88 bits per heavy atom. The molecule has 2 atom stereocenters. The first-order chi connectivity index (χ1) is 11.8. The minimum atomic E-state index is -1.61. The molecule has 0 bridgehead atoms. The molecular formula is C18H20ClNO5. The van der Waals surface area contributed by atoms with Gasteiger partial charge in [0.15, 0.2) is 5.75 Å². The lowest BCUT2D eigenvalue weighted by atomic mass is 9.74. The summed E-state index contributed by atoms with van der Waals surface area (Å²) < 4.78 is 16.5. The first kappa shape index (κ1) is 17.6. The number of Topliss-reactive ketones (excluding diaryl/α,β-unsaturated/α-hetero) is 1. The molecule has 1 aliphatic heterocycles. The lowest BCUT2D eigenvalue weighted by molar-refractivity contribution is -0.129. The van der Waals surface area contributed by atoms with Crippen LogP contribution in [0.1, 0.15) is 23.7 Å². The topological polar surface area (TPSA) is 65.1 Å². The fourth-order valence-corrected chi connectivity index (χ4v) is 3.68. The number of halogens is 1. The van der Waals surface area contributed by atoms with Crippen LogP contribution in [0.2, 0.25) is 5.02 Å². The number of rotatable bonds is 3. The van der Waals surface area contributed by atoms with Gasteiger partial charge in [0.25, 0.3) is 0 Å². The molecule has 0 saturated heterocycles. The second-order valence-corrected chi connectivity index (χ2v) is 6.84.